The number of amides is 1. The van der Waals surface area contributed by atoms with Gasteiger partial charge in [0.25, 0.3) is 5.91 Å². The highest BCUT2D eigenvalue weighted by molar-refractivity contribution is 6.06. The van der Waals surface area contributed by atoms with Gasteiger partial charge in [-0.05, 0) is 50.7 Å². The number of hydrogen-bond donors (Lipinski definition) is 1. The Kier molecular flexibility index (Phi) is 5.52. The van der Waals surface area contributed by atoms with Gasteiger partial charge in [-0.25, -0.2) is 0 Å². The summed E-state index contributed by atoms with van der Waals surface area (Å²) in [6, 6.07) is 11.9. The summed E-state index contributed by atoms with van der Waals surface area (Å²) < 4.78 is 11.8. The van der Waals surface area contributed by atoms with Gasteiger partial charge < -0.3 is 14.8 Å². The minimum atomic E-state index is -0.761. The van der Waals surface area contributed by atoms with Crippen LogP contribution < -0.4 is 10.1 Å². The lowest BCUT2D eigenvalue weighted by Gasteiger charge is -2.28. The van der Waals surface area contributed by atoms with E-state index in [0.29, 0.717) is 25.0 Å². The van der Waals surface area contributed by atoms with Gasteiger partial charge in [-0.2, -0.15) is 0 Å². The molecule has 0 aromatic heterocycles. The van der Waals surface area contributed by atoms with Crippen molar-refractivity contribution in [2.45, 2.75) is 46.1 Å². The molecule has 2 aromatic carbocycles. The molecule has 1 N–H and O–H groups in total. The van der Waals surface area contributed by atoms with Crippen LogP contribution in [0.4, 0.5) is 5.69 Å². The highest BCUT2D eigenvalue weighted by Gasteiger charge is 2.48. The van der Waals surface area contributed by atoms with Crippen molar-refractivity contribution >= 4 is 22.4 Å². The number of carbonyl (C=O) groups excluding carboxylic acids is 1. The van der Waals surface area contributed by atoms with E-state index in [1.807, 2.05) is 50.2 Å². The lowest BCUT2D eigenvalue weighted by atomic mass is 9.98. The zero-order valence-electron chi connectivity index (χ0n) is 16.2. The molecule has 0 aliphatic heterocycles. The average Bonchev–Trinajstić information content (AvgIpc) is 3.46. The molecule has 1 amide bonds. The summed E-state index contributed by atoms with van der Waals surface area (Å²) in [5, 5.41) is 5.10. The Labute approximate surface area is 155 Å². The molecule has 4 nitrogen and oxygen atoms in total. The van der Waals surface area contributed by atoms with E-state index < -0.39 is 5.60 Å². The van der Waals surface area contributed by atoms with Crippen LogP contribution >= 0.6 is 0 Å². The van der Waals surface area contributed by atoms with E-state index in [9.17, 15) is 4.79 Å². The van der Waals surface area contributed by atoms with E-state index in [1.165, 1.54) is 0 Å². The fraction of sp³-hybridized carbons (Fsp3) is 0.500. The minimum absolute atomic E-state index is 0.0668. The van der Waals surface area contributed by atoms with E-state index in [-0.39, 0.29) is 5.91 Å². The molecule has 1 aliphatic carbocycles. The summed E-state index contributed by atoms with van der Waals surface area (Å²) in [6.07, 6.45) is 2.10. The van der Waals surface area contributed by atoms with Crippen molar-refractivity contribution in [1.29, 1.82) is 0 Å². The van der Waals surface area contributed by atoms with Crippen molar-refractivity contribution in [2.24, 2.45) is 11.8 Å². The van der Waals surface area contributed by atoms with E-state index in [4.69, 9.17) is 9.47 Å². The monoisotopic (exact) mass is 355 g/mol. The molecular weight excluding hydrogens is 326 g/mol. The van der Waals surface area contributed by atoms with Gasteiger partial charge in [0, 0.05) is 23.1 Å². The molecule has 1 saturated carbocycles. The second-order valence-corrected chi connectivity index (χ2v) is 7.63. The number of nitrogens with one attached hydrogen (secondary N) is 1. The van der Waals surface area contributed by atoms with E-state index in [1.54, 1.807) is 0 Å². The van der Waals surface area contributed by atoms with Crippen LogP contribution in [0.25, 0.3) is 10.8 Å². The number of hydrogen-bond acceptors (Lipinski definition) is 3. The Bertz CT molecular complexity index is 782. The highest BCUT2D eigenvalue weighted by Crippen LogP contribution is 2.43. The normalized spacial score (nSPS) is 16.5. The van der Waals surface area contributed by atoms with Crippen molar-refractivity contribution in [3.8, 4) is 5.75 Å². The number of benzene rings is 2. The summed E-state index contributed by atoms with van der Waals surface area (Å²) in [4.78, 5) is 13.0. The second kappa shape index (κ2) is 7.67. The topological polar surface area (TPSA) is 47.6 Å². The third-order valence-corrected chi connectivity index (χ3v) is 4.96. The van der Waals surface area contributed by atoms with Crippen LogP contribution in [0.5, 0.6) is 5.75 Å². The van der Waals surface area contributed by atoms with Gasteiger partial charge in [-0.15, -0.1) is 0 Å². The summed E-state index contributed by atoms with van der Waals surface area (Å²) in [5.74, 6) is 1.55. The Hall–Kier alpha value is -2.07. The molecule has 0 spiro atoms. The molecule has 140 valence electrons. The lowest BCUT2D eigenvalue weighted by molar-refractivity contribution is -0.141. The molecule has 2 aromatic rings. The van der Waals surface area contributed by atoms with Crippen LogP contribution in [-0.2, 0) is 9.53 Å². The standard InChI is InChI=1S/C22H29NO3/c1-5-26-22(4,16-10-11-16)21(24)23-19-12-13-20(25-14-15(2)3)18-9-7-6-8-17(18)19/h6-9,12-13,15-16H,5,10-11,14H2,1-4H3,(H,23,24)/t22-/m0/s1. The Morgan fingerprint density at radius 2 is 1.88 bits per heavy atom. The van der Waals surface area contributed by atoms with Crippen LogP contribution in [-0.4, -0.2) is 24.7 Å². The van der Waals surface area contributed by atoms with Crippen LogP contribution in [0.15, 0.2) is 36.4 Å². The Balaban J connectivity index is 1.88. The zero-order valence-corrected chi connectivity index (χ0v) is 16.2. The van der Waals surface area contributed by atoms with Gasteiger partial charge in [-0.3, -0.25) is 4.79 Å². The van der Waals surface area contributed by atoms with Gasteiger partial charge in [0.15, 0.2) is 0 Å². The van der Waals surface area contributed by atoms with Crippen molar-refractivity contribution in [3.05, 3.63) is 36.4 Å². The Morgan fingerprint density at radius 1 is 1.19 bits per heavy atom. The first-order valence-electron chi connectivity index (χ1n) is 9.55. The van der Waals surface area contributed by atoms with Crippen LogP contribution in [0.1, 0.15) is 40.5 Å². The average molecular weight is 355 g/mol. The first kappa shape index (κ1) is 18.7. The van der Waals surface area contributed by atoms with Crippen LogP contribution in [0, 0.1) is 11.8 Å². The van der Waals surface area contributed by atoms with Crippen LogP contribution in [0.3, 0.4) is 0 Å². The largest absolute Gasteiger partial charge is 0.493 e. The Morgan fingerprint density at radius 3 is 2.50 bits per heavy atom. The molecule has 1 aliphatic rings. The van der Waals surface area contributed by atoms with Gasteiger partial charge in [0.2, 0.25) is 0 Å². The van der Waals surface area contributed by atoms with Gasteiger partial charge in [-0.1, -0.05) is 38.1 Å². The fourth-order valence-corrected chi connectivity index (χ4v) is 3.31. The molecule has 0 bridgehead atoms. The lowest BCUT2D eigenvalue weighted by Crippen LogP contribution is -2.44. The molecule has 0 unspecified atom stereocenters. The molecule has 1 atom stereocenters. The fourth-order valence-electron chi connectivity index (χ4n) is 3.31. The van der Waals surface area contributed by atoms with Gasteiger partial charge >= 0.3 is 0 Å². The number of fused-ring (bicyclic) bond motifs is 1. The maximum Gasteiger partial charge on any atom is 0.256 e. The molecule has 0 radical (unpaired) electrons. The third kappa shape index (κ3) is 3.85. The number of anilines is 1. The molecule has 4 heteroatoms. The molecule has 26 heavy (non-hydrogen) atoms. The number of carbonyl (C=O) groups is 1. The smallest absolute Gasteiger partial charge is 0.256 e. The summed E-state index contributed by atoms with van der Waals surface area (Å²) in [7, 11) is 0. The first-order chi connectivity index (χ1) is 12.5. The molecule has 1 fully saturated rings. The van der Waals surface area contributed by atoms with Crippen LogP contribution in [0.2, 0.25) is 0 Å². The first-order valence-corrected chi connectivity index (χ1v) is 9.55. The summed E-state index contributed by atoms with van der Waals surface area (Å²) in [6.45, 7) is 9.30. The van der Waals surface area contributed by atoms with Crippen molar-refractivity contribution in [2.75, 3.05) is 18.5 Å². The van der Waals surface area contributed by atoms with E-state index in [2.05, 4.69) is 19.2 Å². The zero-order chi connectivity index (χ0) is 18.7. The minimum Gasteiger partial charge on any atom is -0.493 e. The van der Waals surface area contributed by atoms with E-state index >= 15 is 0 Å². The maximum absolute atomic E-state index is 13.0. The second-order valence-electron chi connectivity index (χ2n) is 7.63. The highest BCUT2D eigenvalue weighted by atomic mass is 16.5. The number of ether oxygens (including phenoxy) is 2. The van der Waals surface area contributed by atoms with E-state index in [0.717, 1.165) is 35.1 Å². The van der Waals surface area contributed by atoms with Gasteiger partial charge in [0.05, 0.1) is 6.61 Å². The molecular formula is C22H29NO3. The quantitative estimate of drug-likeness (QED) is 0.723. The van der Waals surface area contributed by atoms with Crippen molar-refractivity contribution in [1.82, 2.24) is 0 Å². The molecule has 0 heterocycles. The maximum atomic E-state index is 13.0. The third-order valence-electron chi connectivity index (χ3n) is 4.96. The van der Waals surface area contributed by atoms with Gasteiger partial charge in [0.1, 0.15) is 11.4 Å². The predicted octanol–water partition coefficient (Wildman–Crippen LogP) is 5.02. The predicted molar refractivity (Wildman–Crippen MR) is 106 cm³/mol. The molecule has 0 saturated heterocycles. The summed E-state index contributed by atoms with van der Waals surface area (Å²) >= 11 is 0. The SMILES string of the molecule is CCO[C@](C)(C(=O)Nc1ccc(OCC(C)C)c2ccccc12)C1CC1. The molecule has 3 rings (SSSR count). The number of rotatable bonds is 8. The van der Waals surface area contributed by atoms with Crippen molar-refractivity contribution in [3.63, 3.8) is 0 Å². The summed E-state index contributed by atoms with van der Waals surface area (Å²) in [5.41, 5.74) is 0.0388. The van der Waals surface area contributed by atoms with Crippen molar-refractivity contribution < 1.29 is 14.3 Å².